The molecule has 0 aliphatic carbocycles. The molecule has 2 amide bonds. The van der Waals surface area contributed by atoms with Crippen LogP contribution in [0, 0.1) is 5.82 Å². The first-order valence-electron chi connectivity index (χ1n) is 7.82. The minimum absolute atomic E-state index is 0.0443. The van der Waals surface area contributed by atoms with E-state index in [1.165, 1.54) is 0 Å². The van der Waals surface area contributed by atoms with E-state index in [2.05, 4.69) is 15.4 Å². The quantitative estimate of drug-likeness (QED) is 0.589. The van der Waals surface area contributed by atoms with Gasteiger partial charge >= 0.3 is 0 Å². The largest absolute Gasteiger partial charge is 0.350 e. The predicted molar refractivity (Wildman–Crippen MR) is 91.7 cm³/mol. The van der Waals surface area contributed by atoms with Crippen LogP contribution < -0.4 is 15.4 Å². The second-order valence-electron chi connectivity index (χ2n) is 6.53. The summed E-state index contributed by atoms with van der Waals surface area (Å²) in [5.41, 5.74) is -0.375. The van der Waals surface area contributed by atoms with Gasteiger partial charge in [0.2, 0.25) is 21.8 Å². The molecule has 7 nitrogen and oxygen atoms in total. The highest BCUT2D eigenvalue weighted by atomic mass is 32.2. The summed E-state index contributed by atoms with van der Waals surface area (Å²) in [5.74, 6) is -1.16. The molecule has 1 rings (SSSR count). The Morgan fingerprint density at radius 1 is 1.08 bits per heavy atom. The molecule has 0 spiro atoms. The van der Waals surface area contributed by atoms with Gasteiger partial charge in [-0.05, 0) is 51.5 Å². The van der Waals surface area contributed by atoms with Crippen molar-refractivity contribution in [2.45, 2.75) is 44.0 Å². The summed E-state index contributed by atoms with van der Waals surface area (Å²) in [7, 11) is -3.73. The van der Waals surface area contributed by atoms with Gasteiger partial charge in [-0.2, -0.15) is 0 Å². The molecule has 25 heavy (non-hydrogen) atoms. The molecule has 1 aromatic rings. The molecule has 0 saturated heterocycles. The second kappa shape index (κ2) is 8.91. The molecule has 0 radical (unpaired) electrons. The molecule has 3 N–H and O–H groups in total. The number of nitrogens with one attached hydrogen (secondary N) is 3. The first kappa shape index (κ1) is 21.0. The van der Waals surface area contributed by atoms with Gasteiger partial charge in [0.05, 0.1) is 11.4 Å². The highest BCUT2D eigenvalue weighted by Gasteiger charge is 2.15. The average molecular weight is 373 g/mol. The van der Waals surface area contributed by atoms with E-state index in [0.29, 0.717) is 0 Å². The van der Waals surface area contributed by atoms with Crippen molar-refractivity contribution in [1.29, 1.82) is 0 Å². The summed E-state index contributed by atoms with van der Waals surface area (Å²) in [6, 6.07) is 4.45. The maximum absolute atomic E-state index is 12.8. The Bertz CT molecular complexity index is 697. The lowest BCUT2D eigenvalue weighted by molar-refractivity contribution is -0.126. The molecule has 0 aromatic heterocycles. The van der Waals surface area contributed by atoms with E-state index in [0.717, 1.165) is 24.3 Å². The third kappa shape index (κ3) is 8.59. The average Bonchev–Trinajstić information content (AvgIpc) is 2.48. The Morgan fingerprint density at radius 3 is 2.24 bits per heavy atom. The van der Waals surface area contributed by atoms with E-state index in [9.17, 15) is 22.4 Å². The van der Waals surface area contributed by atoms with Crippen LogP contribution in [0.3, 0.4) is 0 Å². The van der Waals surface area contributed by atoms with Crippen molar-refractivity contribution in [2.75, 3.05) is 13.1 Å². The van der Waals surface area contributed by atoms with Crippen LogP contribution in [-0.4, -0.2) is 38.9 Å². The van der Waals surface area contributed by atoms with Crippen LogP contribution in [0.25, 0.3) is 0 Å². The maximum Gasteiger partial charge on any atom is 0.240 e. The van der Waals surface area contributed by atoms with Gasteiger partial charge in [-0.3, -0.25) is 9.59 Å². The summed E-state index contributed by atoms with van der Waals surface area (Å²) >= 11 is 0. The molecular weight excluding hydrogens is 349 g/mol. The van der Waals surface area contributed by atoms with Gasteiger partial charge in [-0.1, -0.05) is 0 Å². The fraction of sp³-hybridized carbons (Fsp3) is 0.500. The molecule has 0 bridgehead atoms. The number of hydrogen-bond acceptors (Lipinski definition) is 4. The van der Waals surface area contributed by atoms with Crippen molar-refractivity contribution in [2.24, 2.45) is 0 Å². The Balaban J connectivity index is 2.29. The molecule has 0 saturated carbocycles. The summed E-state index contributed by atoms with van der Waals surface area (Å²) < 4.78 is 39.0. The minimum Gasteiger partial charge on any atom is -0.350 e. The molecule has 0 aliphatic heterocycles. The number of hydrogen-bond donors (Lipinski definition) is 3. The first-order valence-corrected chi connectivity index (χ1v) is 9.31. The lowest BCUT2D eigenvalue weighted by Crippen LogP contribution is -2.45. The van der Waals surface area contributed by atoms with E-state index in [4.69, 9.17) is 0 Å². The third-order valence-corrected chi connectivity index (χ3v) is 4.43. The third-order valence-electron chi connectivity index (χ3n) is 2.96. The highest BCUT2D eigenvalue weighted by Crippen LogP contribution is 2.09. The topological polar surface area (TPSA) is 104 Å². The Hall–Kier alpha value is -2.00. The number of rotatable bonds is 8. The van der Waals surface area contributed by atoms with Crippen LogP contribution in [0.1, 0.15) is 33.6 Å². The zero-order valence-electron chi connectivity index (χ0n) is 14.6. The highest BCUT2D eigenvalue weighted by molar-refractivity contribution is 7.89. The number of carbonyl (C=O) groups excluding carboxylic acids is 2. The van der Waals surface area contributed by atoms with Crippen LogP contribution in [0.4, 0.5) is 4.39 Å². The van der Waals surface area contributed by atoms with Crippen molar-refractivity contribution in [3.8, 4) is 0 Å². The molecule has 9 heteroatoms. The summed E-state index contributed by atoms with van der Waals surface area (Å²) in [5, 5.41) is 5.18. The predicted octanol–water partition coefficient (Wildman–Crippen LogP) is 0.915. The van der Waals surface area contributed by atoms with Gasteiger partial charge in [-0.25, -0.2) is 17.5 Å². The number of carbonyl (C=O) groups is 2. The minimum atomic E-state index is -3.73. The van der Waals surface area contributed by atoms with Gasteiger partial charge < -0.3 is 10.6 Å². The van der Waals surface area contributed by atoms with Gasteiger partial charge in [-0.15, -0.1) is 0 Å². The number of amides is 2. The van der Waals surface area contributed by atoms with E-state index in [1.807, 2.05) is 20.8 Å². The van der Waals surface area contributed by atoms with Crippen molar-refractivity contribution in [3.05, 3.63) is 30.1 Å². The number of benzene rings is 1. The molecule has 0 unspecified atom stereocenters. The van der Waals surface area contributed by atoms with Crippen molar-refractivity contribution in [3.63, 3.8) is 0 Å². The van der Waals surface area contributed by atoms with E-state index < -0.39 is 15.8 Å². The Kier molecular flexibility index (Phi) is 7.50. The summed E-state index contributed by atoms with van der Waals surface area (Å²) in [6.45, 7) is 5.43. The van der Waals surface area contributed by atoms with E-state index in [1.54, 1.807) is 0 Å². The van der Waals surface area contributed by atoms with E-state index >= 15 is 0 Å². The molecule has 0 heterocycles. The van der Waals surface area contributed by atoms with Gasteiger partial charge in [0.1, 0.15) is 5.82 Å². The normalized spacial score (nSPS) is 11.8. The summed E-state index contributed by atoms with van der Waals surface area (Å²) in [6.07, 6.45) is 0.349. The molecule has 1 aromatic carbocycles. The maximum atomic E-state index is 12.8. The van der Waals surface area contributed by atoms with Crippen LogP contribution in [0.15, 0.2) is 29.2 Å². The van der Waals surface area contributed by atoms with Crippen LogP contribution in [0.5, 0.6) is 0 Å². The fourth-order valence-corrected chi connectivity index (χ4v) is 2.96. The summed E-state index contributed by atoms with van der Waals surface area (Å²) in [4.78, 5) is 23.2. The van der Waals surface area contributed by atoms with Crippen LogP contribution in [-0.2, 0) is 19.6 Å². The van der Waals surface area contributed by atoms with Gasteiger partial charge in [0, 0.05) is 18.5 Å². The Morgan fingerprint density at radius 2 is 1.68 bits per heavy atom. The fourth-order valence-electron chi connectivity index (χ4n) is 1.88. The second-order valence-corrected chi connectivity index (χ2v) is 8.30. The van der Waals surface area contributed by atoms with Crippen LogP contribution >= 0.6 is 0 Å². The van der Waals surface area contributed by atoms with Crippen LogP contribution in [0.2, 0.25) is 0 Å². The van der Waals surface area contributed by atoms with Crippen molar-refractivity contribution < 1.29 is 22.4 Å². The molecule has 0 fully saturated rings. The standard InChI is InChI=1S/C16H24FN3O4S/c1-16(2,3)20-15(22)11-18-14(21)5-4-10-19-25(23,24)13-8-6-12(17)7-9-13/h6-9,19H,4-5,10-11H2,1-3H3,(H,18,21)(H,20,22). The molecule has 140 valence electrons. The Labute approximate surface area is 147 Å². The molecule has 0 atom stereocenters. The van der Waals surface area contributed by atoms with Crippen molar-refractivity contribution in [1.82, 2.24) is 15.4 Å². The van der Waals surface area contributed by atoms with Crippen molar-refractivity contribution >= 4 is 21.8 Å². The molecule has 0 aliphatic rings. The lowest BCUT2D eigenvalue weighted by atomic mass is 10.1. The number of halogens is 1. The zero-order chi connectivity index (χ0) is 19.1. The first-order chi connectivity index (χ1) is 11.5. The van der Waals surface area contributed by atoms with Gasteiger partial charge in [0.15, 0.2) is 0 Å². The smallest absolute Gasteiger partial charge is 0.240 e. The number of sulfonamides is 1. The van der Waals surface area contributed by atoms with Gasteiger partial charge in [0.25, 0.3) is 0 Å². The molecular formula is C16H24FN3O4S. The SMILES string of the molecule is CC(C)(C)NC(=O)CNC(=O)CCCNS(=O)(=O)c1ccc(F)cc1. The van der Waals surface area contributed by atoms with E-state index in [-0.39, 0.29) is 48.2 Å². The zero-order valence-corrected chi connectivity index (χ0v) is 15.4. The lowest BCUT2D eigenvalue weighted by Gasteiger charge is -2.20. The monoisotopic (exact) mass is 373 g/mol.